The van der Waals surface area contributed by atoms with E-state index in [1.165, 1.54) is 19.3 Å². The minimum Gasteiger partial charge on any atom is -0.479 e. The van der Waals surface area contributed by atoms with Crippen molar-refractivity contribution in [2.24, 2.45) is 40.9 Å². The number of carbonyl (C=O) groups is 4. The highest BCUT2D eigenvalue weighted by Crippen LogP contribution is 2.74. The van der Waals surface area contributed by atoms with E-state index < -0.39 is 77.3 Å². The zero-order valence-electron chi connectivity index (χ0n) is 25.8. The van der Waals surface area contributed by atoms with Gasteiger partial charge in [-0.25, -0.2) is 8.78 Å². The Morgan fingerprint density at radius 2 is 1.64 bits per heavy atom. The Bertz CT molecular complexity index is 1370. The van der Waals surface area contributed by atoms with Gasteiger partial charge in [0.2, 0.25) is 23.4 Å². The largest absolute Gasteiger partial charge is 0.479 e. The standard InChI is InChI=1S/C33H40F4N2O6/c1-32(2,3)45-25(41)12-23(24(40)15-44-29-27(36)21(34)11-22(35)28(29)37)38-30(42)17-4-6-39(7-5-17)31(43)33-13-16-8-18-10-19(14-33)20(9-16)26(18)33/h11,16-20,23,26H,4-10,12-15H2,1-3H3,(H,38,42)/t16?,18?,19?,20?,23-,26?,33?/m0/s1. The van der Waals surface area contributed by atoms with Gasteiger partial charge in [0.25, 0.3) is 0 Å². The van der Waals surface area contributed by atoms with Gasteiger partial charge in [-0.05, 0) is 95.3 Å². The van der Waals surface area contributed by atoms with Crippen LogP contribution < -0.4 is 10.1 Å². The monoisotopic (exact) mass is 636 g/mol. The summed E-state index contributed by atoms with van der Waals surface area (Å²) in [7, 11) is 0. The molecule has 7 atom stereocenters. The first-order chi connectivity index (χ1) is 21.2. The van der Waals surface area contributed by atoms with E-state index in [1.807, 2.05) is 4.90 Å². The molecule has 6 aliphatic rings. The molecule has 1 aromatic carbocycles. The molecule has 5 aliphatic carbocycles. The number of benzene rings is 1. The number of nitrogens with zero attached hydrogens (tertiary/aromatic N) is 1. The summed E-state index contributed by atoms with van der Waals surface area (Å²) in [6.45, 7) is 4.60. The predicted octanol–water partition coefficient (Wildman–Crippen LogP) is 4.72. The van der Waals surface area contributed by atoms with Crippen molar-refractivity contribution in [1.82, 2.24) is 10.2 Å². The Morgan fingerprint density at radius 1 is 0.978 bits per heavy atom. The van der Waals surface area contributed by atoms with E-state index in [4.69, 9.17) is 9.47 Å². The molecule has 1 aliphatic heterocycles. The third-order valence-corrected chi connectivity index (χ3v) is 10.8. The molecule has 6 unspecified atom stereocenters. The van der Waals surface area contributed by atoms with Gasteiger partial charge in [-0.2, -0.15) is 8.78 Å². The minimum absolute atomic E-state index is 0.00946. The topological polar surface area (TPSA) is 102 Å². The van der Waals surface area contributed by atoms with E-state index in [2.05, 4.69) is 5.32 Å². The van der Waals surface area contributed by atoms with Gasteiger partial charge in [-0.1, -0.05) is 0 Å². The second kappa shape index (κ2) is 11.6. The number of carbonyl (C=O) groups excluding carboxylic acids is 4. The molecule has 1 saturated heterocycles. The summed E-state index contributed by atoms with van der Waals surface area (Å²) >= 11 is 0. The van der Waals surface area contributed by atoms with Crippen LogP contribution in [0.3, 0.4) is 0 Å². The second-order valence-electron chi connectivity index (χ2n) is 14.8. The van der Waals surface area contributed by atoms with Gasteiger partial charge in [0.05, 0.1) is 11.8 Å². The first kappa shape index (κ1) is 31.8. The van der Waals surface area contributed by atoms with Gasteiger partial charge in [-0.3, -0.25) is 19.2 Å². The number of piperidine rings is 1. The molecule has 246 valence electrons. The summed E-state index contributed by atoms with van der Waals surface area (Å²) < 4.78 is 65.5. The molecule has 1 heterocycles. The highest BCUT2D eigenvalue weighted by molar-refractivity contribution is 5.93. The van der Waals surface area contributed by atoms with Crippen LogP contribution in [-0.4, -0.2) is 59.8 Å². The van der Waals surface area contributed by atoms with E-state index in [0.29, 0.717) is 55.5 Å². The Morgan fingerprint density at radius 3 is 2.27 bits per heavy atom. The SMILES string of the molecule is CC(C)(C)OC(=O)C[C@H](NC(=O)C1CCN(C(=O)C23CC4CC5CC(C2)C(C4)C53)CC1)C(=O)COc1c(F)c(F)cc(F)c1F. The van der Waals surface area contributed by atoms with Crippen molar-refractivity contribution in [3.63, 3.8) is 0 Å². The summed E-state index contributed by atoms with van der Waals surface area (Å²) in [5.74, 6) is -7.91. The number of amides is 2. The highest BCUT2D eigenvalue weighted by Gasteiger charge is 2.70. The first-order valence-electron chi connectivity index (χ1n) is 16.0. The molecule has 12 heteroatoms. The molecule has 6 bridgehead atoms. The number of Topliss-reactive ketones (excluding diaryl/α,β-unsaturated/α-hetero) is 1. The van der Waals surface area contributed by atoms with Crippen molar-refractivity contribution in [1.29, 1.82) is 0 Å². The Balaban J connectivity index is 1.08. The number of ether oxygens (including phenoxy) is 2. The van der Waals surface area contributed by atoms with Crippen LogP contribution in [0.5, 0.6) is 5.75 Å². The summed E-state index contributed by atoms with van der Waals surface area (Å²) in [6.07, 6.45) is 5.91. The highest BCUT2D eigenvalue weighted by atomic mass is 19.2. The molecule has 1 N–H and O–H groups in total. The Hall–Kier alpha value is -3.18. The lowest BCUT2D eigenvalue weighted by Crippen LogP contribution is -2.56. The number of hydrogen-bond donors (Lipinski definition) is 1. The average molecular weight is 637 g/mol. The number of rotatable bonds is 9. The van der Waals surface area contributed by atoms with Gasteiger partial charge < -0.3 is 19.7 Å². The maximum absolute atomic E-state index is 14.1. The summed E-state index contributed by atoms with van der Waals surface area (Å²) in [5, 5.41) is 2.55. The van der Waals surface area contributed by atoms with E-state index >= 15 is 0 Å². The zero-order valence-corrected chi connectivity index (χ0v) is 25.8. The van der Waals surface area contributed by atoms with Crippen LogP contribution in [0.25, 0.3) is 0 Å². The zero-order chi connectivity index (χ0) is 32.4. The normalized spacial score (nSPS) is 30.8. The lowest BCUT2D eigenvalue weighted by Gasteiger charge is -2.53. The quantitative estimate of drug-likeness (QED) is 0.239. The average Bonchev–Trinajstić information content (AvgIpc) is 3.36. The van der Waals surface area contributed by atoms with Crippen LogP contribution >= 0.6 is 0 Å². The third kappa shape index (κ3) is 5.82. The van der Waals surface area contributed by atoms with Crippen LogP contribution in [0.4, 0.5) is 17.6 Å². The summed E-state index contributed by atoms with van der Waals surface area (Å²) in [4.78, 5) is 54.9. The number of hydrogen-bond acceptors (Lipinski definition) is 6. The molecule has 1 aromatic rings. The van der Waals surface area contributed by atoms with E-state index in [9.17, 15) is 36.7 Å². The van der Waals surface area contributed by atoms with Crippen LogP contribution in [0, 0.1) is 64.2 Å². The van der Waals surface area contributed by atoms with Crippen molar-refractivity contribution in [3.05, 3.63) is 29.3 Å². The van der Waals surface area contributed by atoms with Crippen molar-refractivity contribution in [2.45, 2.75) is 83.8 Å². The van der Waals surface area contributed by atoms with Crippen molar-refractivity contribution in [3.8, 4) is 5.75 Å². The molecule has 7 rings (SSSR count). The smallest absolute Gasteiger partial charge is 0.308 e. The van der Waals surface area contributed by atoms with Gasteiger partial charge in [0.15, 0.2) is 23.2 Å². The van der Waals surface area contributed by atoms with Crippen LogP contribution in [0.1, 0.15) is 72.1 Å². The summed E-state index contributed by atoms with van der Waals surface area (Å²) in [6, 6.07) is -1.48. The van der Waals surface area contributed by atoms with E-state index in [1.54, 1.807) is 20.8 Å². The fourth-order valence-electron chi connectivity index (χ4n) is 9.43. The van der Waals surface area contributed by atoms with Crippen LogP contribution in [0.15, 0.2) is 6.07 Å². The predicted molar refractivity (Wildman–Crippen MR) is 151 cm³/mol. The van der Waals surface area contributed by atoms with Gasteiger partial charge >= 0.3 is 5.97 Å². The lowest BCUT2D eigenvalue weighted by molar-refractivity contribution is -0.159. The summed E-state index contributed by atoms with van der Waals surface area (Å²) in [5.41, 5.74) is -1.14. The molecular weight excluding hydrogens is 596 g/mol. The van der Waals surface area contributed by atoms with Crippen LogP contribution in [0.2, 0.25) is 0 Å². The maximum atomic E-state index is 14.1. The van der Waals surface area contributed by atoms with Gasteiger partial charge in [-0.15, -0.1) is 0 Å². The molecular formula is C33H40F4N2O6. The van der Waals surface area contributed by atoms with Crippen LogP contribution in [-0.2, 0) is 23.9 Å². The van der Waals surface area contributed by atoms with E-state index in [0.717, 1.165) is 12.8 Å². The molecule has 5 saturated carbocycles. The maximum Gasteiger partial charge on any atom is 0.308 e. The lowest BCUT2D eigenvalue weighted by atomic mass is 9.52. The number of nitrogens with one attached hydrogen (secondary N) is 1. The minimum atomic E-state index is -1.82. The molecule has 8 nitrogen and oxygen atoms in total. The van der Waals surface area contributed by atoms with E-state index in [-0.39, 0.29) is 17.4 Å². The second-order valence-corrected chi connectivity index (χ2v) is 14.8. The van der Waals surface area contributed by atoms with Gasteiger partial charge in [0.1, 0.15) is 18.2 Å². The number of ketones is 1. The Kier molecular flexibility index (Phi) is 8.17. The molecule has 45 heavy (non-hydrogen) atoms. The number of likely N-dealkylation sites (tertiary alicyclic amines) is 1. The number of halogens is 4. The number of esters is 1. The van der Waals surface area contributed by atoms with Crippen molar-refractivity contribution < 1.29 is 46.2 Å². The van der Waals surface area contributed by atoms with Crippen molar-refractivity contribution in [2.75, 3.05) is 19.7 Å². The first-order valence-corrected chi connectivity index (χ1v) is 16.0. The fourth-order valence-corrected chi connectivity index (χ4v) is 9.43. The molecule has 0 spiro atoms. The molecule has 6 fully saturated rings. The molecule has 2 amide bonds. The fraction of sp³-hybridized carbons (Fsp3) is 0.697. The molecule has 0 aromatic heterocycles. The molecule has 0 radical (unpaired) electrons. The van der Waals surface area contributed by atoms with Crippen molar-refractivity contribution >= 4 is 23.6 Å². The Labute approximate surface area is 259 Å². The van der Waals surface area contributed by atoms with Gasteiger partial charge in [0, 0.05) is 25.1 Å². The third-order valence-electron chi connectivity index (χ3n) is 10.8.